The van der Waals surface area contributed by atoms with Gasteiger partial charge in [0.1, 0.15) is 5.03 Å². The lowest BCUT2D eigenvalue weighted by atomic mass is 10.2. The minimum absolute atomic E-state index is 0.177. The van der Waals surface area contributed by atoms with Crippen molar-refractivity contribution in [3.05, 3.63) is 47.1 Å². The Hall–Kier alpha value is -1.63. The molecule has 1 unspecified atom stereocenters. The summed E-state index contributed by atoms with van der Waals surface area (Å²) in [5.74, 6) is -0.177. The standard InChI is InChI=1S/C15H15ClN4OS/c16-10-1-3-12(4-2-10)22-14-6-5-13(19-20-14)15(21)18-11-7-8-17-9-11/h1-6,11,17H,7-9H2,(H,18,21). The van der Waals surface area contributed by atoms with Crippen molar-refractivity contribution in [1.29, 1.82) is 0 Å². The topological polar surface area (TPSA) is 66.9 Å². The van der Waals surface area contributed by atoms with Crippen LogP contribution >= 0.6 is 23.4 Å². The van der Waals surface area contributed by atoms with Crippen molar-refractivity contribution in [3.8, 4) is 0 Å². The summed E-state index contributed by atoms with van der Waals surface area (Å²) in [6.45, 7) is 1.75. The highest BCUT2D eigenvalue weighted by atomic mass is 35.5. The molecule has 2 N–H and O–H groups in total. The first kappa shape index (κ1) is 15.3. The lowest BCUT2D eigenvalue weighted by Gasteiger charge is -2.10. The van der Waals surface area contributed by atoms with Crippen LogP contribution in [0.2, 0.25) is 5.02 Å². The maximum atomic E-state index is 12.0. The number of nitrogens with one attached hydrogen (secondary N) is 2. The van der Waals surface area contributed by atoms with Gasteiger partial charge < -0.3 is 10.6 Å². The fourth-order valence-corrected chi connectivity index (χ4v) is 3.01. The average Bonchev–Trinajstić information content (AvgIpc) is 3.03. The van der Waals surface area contributed by atoms with Gasteiger partial charge >= 0.3 is 0 Å². The second kappa shape index (κ2) is 7.09. The van der Waals surface area contributed by atoms with Crippen molar-refractivity contribution in [2.24, 2.45) is 0 Å². The zero-order valence-corrected chi connectivity index (χ0v) is 13.3. The van der Waals surface area contributed by atoms with Crippen LogP contribution < -0.4 is 10.6 Å². The molecule has 1 saturated heterocycles. The Balaban J connectivity index is 1.61. The summed E-state index contributed by atoms with van der Waals surface area (Å²) in [5.41, 5.74) is 0.340. The van der Waals surface area contributed by atoms with Gasteiger partial charge in [-0.1, -0.05) is 23.4 Å². The van der Waals surface area contributed by atoms with E-state index in [1.54, 1.807) is 12.1 Å². The van der Waals surface area contributed by atoms with Gasteiger partial charge in [0.2, 0.25) is 0 Å². The Morgan fingerprint density at radius 1 is 1.23 bits per heavy atom. The molecule has 1 aromatic carbocycles. The Morgan fingerprint density at radius 3 is 2.68 bits per heavy atom. The summed E-state index contributed by atoms with van der Waals surface area (Å²) in [6.07, 6.45) is 0.948. The van der Waals surface area contributed by atoms with Gasteiger partial charge in [-0.05, 0) is 49.4 Å². The highest BCUT2D eigenvalue weighted by molar-refractivity contribution is 7.99. The van der Waals surface area contributed by atoms with Crippen molar-refractivity contribution < 1.29 is 4.79 Å². The molecule has 0 saturated carbocycles. The van der Waals surface area contributed by atoms with E-state index in [4.69, 9.17) is 11.6 Å². The Kier molecular flexibility index (Phi) is 4.92. The van der Waals surface area contributed by atoms with Gasteiger partial charge in [0.25, 0.3) is 5.91 Å². The third kappa shape index (κ3) is 3.97. The highest BCUT2D eigenvalue weighted by Gasteiger charge is 2.18. The summed E-state index contributed by atoms with van der Waals surface area (Å²) >= 11 is 7.33. The number of hydrogen-bond donors (Lipinski definition) is 2. The van der Waals surface area contributed by atoms with E-state index in [2.05, 4.69) is 20.8 Å². The quantitative estimate of drug-likeness (QED) is 0.898. The number of benzene rings is 1. The second-order valence-electron chi connectivity index (χ2n) is 4.98. The summed E-state index contributed by atoms with van der Waals surface area (Å²) in [6, 6.07) is 11.2. The molecule has 5 nitrogen and oxygen atoms in total. The van der Waals surface area contributed by atoms with Crippen molar-refractivity contribution in [2.75, 3.05) is 13.1 Å². The predicted octanol–water partition coefficient (Wildman–Crippen LogP) is 2.37. The summed E-state index contributed by atoms with van der Waals surface area (Å²) in [7, 11) is 0. The van der Waals surface area contributed by atoms with Crippen LogP contribution in [0, 0.1) is 0 Å². The normalized spacial score (nSPS) is 17.4. The Labute approximate surface area is 137 Å². The Morgan fingerprint density at radius 2 is 2.05 bits per heavy atom. The molecule has 0 radical (unpaired) electrons. The number of carbonyl (C=O) groups is 1. The van der Waals surface area contributed by atoms with Gasteiger partial charge in [-0.3, -0.25) is 4.79 Å². The molecule has 0 bridgehead atoms. The van der Waals surface area contributed by atoms with Gasteiger partial charge in [-0.25, -0.2) is 0 Å². The second-order valence-corrected chi connectivity index (χ2v) is 6.51. The van der Waals surface area contributed by atoms with Crippen LogP contribution in [0.15, 0.2) is 46.3 Å². The maximum absolute atomic E-state index is 12.0. The lowest BCUT2D eigenvalue weighted by molar-refractivity contribution is 0.0933. The molecule has 0 aliphatic carbocycles. The van der Waals surface area contributed by atoms with Crippen molar-refractivity contribution in [1.82, 2.24) is 20.8 Å². The highest BCUT2D eigenvalue weighted by Crippen LogP contribution is 2.26. The van der Waals surface area contributed by atoms with Gasteiger partial charge in [0.15, 0.2) is 5.69 Å². The largest absolute Gasteiger partial charge is 0.347 e. The minimum Gasteiger partial charge on any atom is -0.347 e. The van der Waals surface area contributed by atoms with E-state index in [1.807, 2.05) is 24.3 Å². The molecular formula is C15H15ClN4OS. The molecule has 2 aromatic rings. The van der Waals surface area contributed by atoms with Crippen molar-refractivity contribution in [2.45, 2.75) is 22.4 Å². The van der Waals surface area contributed by atoms with Gasteiger partial charge in [-0.2, -0.15) is 0 Å². The van der Waals surface area contributed by atoms with Crippen LogP contribution in [0.1, 0.15) is 16.9 Å². The van der Waals surface area contributed by atoms with Crippen LogP contribution in [0.25, 0.3) is 0 Å². The molecule has 114 valence electrons. The van der Waals surface area contributed by atoms with Gasteiger partial charge in [0, 0.05) is 22.5 Å². The predicted molar refractivity (Wildman–Crippen MR) is 86.3 cm³/mol. The number of nitrogens with zero attached hydrogens (tertiary/aromatic N) is 2. The number of rotatable bonds is 4. The first-order chi connectivity index (χ1) is 10.7. The number of hydrogen-bond acceptors (Lipinski definition) is 5. The zero-order valence-electron chi connectivity index (χ0n) is 11.8. The molecule has 1 atom stereocenters. The van der Waals surface area contributed by atoms with E-state index in [0.717, 1.165) is 29.4 Å². The van der Waals surface area contributed by atoms with E-state index in [-0.39, 0.29) is 11.9 Å². The number of amides is 1. The van der Waals surface area contributed by atoms with Gasteiger partial charge in [-0.15, -0.1) is 10.2 Å². The zero-order chi connectivity index (χ0) is 15.4. The number of carbonyl (C=O) groups excluding carboxylic acids is 1. The molecular weight excluding hydrogens is 320 g/mol. The fourth-order valence-electron chi connectivity index (χ4n) is 2.16. The molecule has 1 fully saturated rings. The first-order valence-electron chi connectivity index (χ1n) is 6.99. The average molecular weight is 335 g/mol. The lowest BCUT2D eigenvalue weighted by Crippen LogP contribution is -2.36. The molecule has 1 aliphatic heterocycles. The van der Waals surface area contributed by atoms with E-state index in [1.165, 1.54) is 11.8 Å². The van der Waals surface area contributed by atoms with Crippen LogP contribution in [0.3, 0.4) is 0 Å². The van der Waals surface area contributed by atoms with Crippen LogP contribution in [0.5, 0.6) is 0 Å². The minimum atomic E-state index is -0.177. The SMILES string of the molecule is O=C(NC1CCNC1)c1ccc(Sc2ccc(Cl)cc2)nn1. The molecule has 3 rings (SSSR count). The summed E-state index contributed by atoms with van der Waals surface area (Å²) in [5, 5.41) is 15.7. The number of halogens is 1. The third-order valence-electron chi connectivity index (χ3n) is 3.30. The van der Waals surface area contributed by atoms with Crippen LogP contribution in [0.4, 0.5) is 0 Å². The summed E-state index contributed by atoms with van der Waals surface area (Å²) < 4.78 is 0. The fraction of sp³-hybridized carbons (Fsp3) is 0.267. The molecule has 7 heteroatoms. The molecule has 1 aliphatic rings. The Bertz CT molecular complexity index is 642. The molecule has 2 heterocycles. The van der Waals surface area contributed by atoms with Crippen LogP contribution in [-0.2, 0) is 0 Å². The maximum Gasteiger partial charge on any atom is 0.272 e. The van der Waals surface area contributed by atoms with E-state index < -0.39 is 0 Å². The molecule has 0 spiro atoms. The number of aromatic nitrogens is 2. The molecule has 1 amide bonds. The summed E-state index contributed by atoms with van der Waals surface area (Å²) in [4.78, 5) is 13.1. The van der Waals surface area contributed by atoms with E-state index >= 15 is 0 Å². The molecule has 22 heavy (non-hydrogen) atoms. The smallest absolute Gasteiger partial charge is 0.272 e. The van der Waals surface area contributed by atoms with E-state index in [0.29, 0.717) is 10.7 Å². The van der Waals surface area contributed by atoms with Gasteiger partial charge in [0.05, 0.1) is 0 Å². The molecule has 1 aromatic heterocycles. The van der Waals surface area contributed by atoms with Crippen molar-refractivity contribution in [3.63, 3.8) is 0 Å². The van der Waals surface area contributed by atoms with Crippen molar-refractivity contribution >= 4 is 29.3 Å². The third-order valence-corrected chi connectivity index (χ3v) is 4.49. The first-order valence-corrected chi connectivity index (χ1v) is 8.19. The van der Waals surface area contributed by atoms with Crippen LogP contribution in [-0.4, -0.2) is 35.2 Å². The van der Waals surface area contributed by atoms with E-state index in [9.17, 15) is 4.79 Å². The monoisotopic (exact) mass is 334 g/mol.